The van der Waals surface area contributed by atoms with Crippen molar-refractivity contribution in [1.29, 1.82) is 0 Å². The number of hydrogen-bond acceptors (Lipinski definition) is 2. The van der Waals surface area contributed by atoms with Gasteiger partial charge in [-0.25, -0.2) is 0 Å². The van der Waals surface area contributed by atoms with Crippen molar-refractivity contribution >= 4 is 5.69 Å². The lowest BCUT2D eigenvalue weighted by Gasteiger charge is -2.09. The highest BCUT2D eigenvalue weighted by atomic mass is 16.5. The van der Waals surface area contributed by atoms with Crippen LogP contribution < -0.4 is 9.64 Å². The lowest BCUT2D eigenvalue weighted by Crippen LogP contribution is -2.14. The number of fused-ring (bicyclic) bond motifs is 1. The second-order valence-electron chi connectivity index (χ2n) is 4.02. The van der Waals surface area contributed by atoms with Crippen LogP contribution in [0.2, 0.25) is 0 Å². The fourth-order valence-electron chi connectivity index (χ4n) is 1.98. The molecule has 0 fully saturated rings. The van der Waals surface area contributed by atoms with Gasteiger partial charge in [-0.05, 0) is 23.3 Å². The molecule has 2 aromatic rings. The highest BCUT2D eigenvalue weighted by Crippen LogP contribution is 2.36. The summed E-state index contributed by atoms with van der Waals surface area (Å²) in [7, 11) is 2.04. The van der Waals surface area contributed by atoms with Crippen LogP contribution in [0.5, 0.6) is 5.75 Å². The predicted molar refractivity (Wildman–Crippen MR) is 65.8 cm³/mol. The van der Waals surface area contributed by atoms with E-state index in [2.05, 4.69) is 41.3 Å². The van der Waals surface area contributed by atoms with E-state index in [9.17, 15) is 0 Å². The summed E-state index contributed by atoms with van der Waals surface area (Å²) in [6.45, 7) is 0.646. The molecule has 0 saturated carbocycles. The maximum atomic E-state index is 5.53. The number of nitrogens with zero attached hydrogens (tertiary/aromatic N) is 1. The molecule has 0 aromatic heterocycles. The van der Waals surface area contributed by atoms with Gasteiger partial charge >= 0.3 is 0 Å². The molecule has 1 heterocycles. The first-order valence-corrected chi connectivity index (χ1v) is 5.38. The summed E-state index contributed by atoms with van der Waals surface area (Å²) >= 11 is 0. The Morgan fingerprint density at radius 2 is 1.81 bits per heavy atom. The minimum absolute atomic E-state index is 0.646. The van der Waals surface area contributed by atoms with Crippen molar-refractivity contribution in [2.45, 2.75) is 0 Å². The second kappa shape index (κ2) is 3.56. The van der Waals surface area contributed by atoms with E-state index >= 15 is 0 Å². The zero-order valence-corrected chi connectivity index (χ0v) is 9.18. The molecule has 0 saturated heterocycles. The lowest BCUT2D eigenvalue weighted by molar-refractivity contribution is 0.353. The van der Waals surface area contributed by atoms with E-state index in [0.717, 1.165) is 5.75 Å². The van der Waals surface area contributed by atoms with Crippen molar-refractivity contribution in [2.75, 3.05) is 18.7 Å². The van der Waals surface area contributed by atoms with Gasteiger partial charge in [-0.2, -0.15) is 0 Å². The predicted octanol–water partition coefficient (Wildman–Crippen LogP) is 3.14. The van der Waals surface area contributed by atoms with Crippen molar-refractivity contribution in [3.05, 3.63) is 48.5 Å². The molecule has 0 aliphatic carbocycles. The standard InChI is InChI=1S/C14H13NO/c1-15-10-16-14-8-7-12(9-13(14)15)11-5-3-2-4-6-11/h2-9H,10H2,1H3. The summed E-state index contributed by atoms with van der Waals surface area (Å²) in [5.74, 6) is 0.974. The van der Waals surface area contributed by atoms with E-state index in [1.807, 2.05) is 19.2 Å². The Balaban J connectivity index is 2.08. The molecule has 2 aromatic carbocycles. The largest absolute Gasteiger partial charge is 0.471 e. The molecule has 0 bridgehead atoms. The summed E-state index contributed by atoms with van der Waals surface area (Å²) < 4.78 is 5.53. The Hall–Kier alpha value is -1.96. The molecule has 0 atom stereocenters. The molecule has 80 valence electrons. The van der Waals surface area contributed by atoms with E-state index in [4.69, 9.17) is 4.74 Å². The van der Waals surface area contributed by atoms with Crippen LogP contribution in [0.3, 0.4) is 0 Å². The van der Waals surface area contributed by atoms with E-state index in [1.54, 1.807) is 0 Å². The number of benzene rings is 2. The fourth-order valence-corrected chi connectivity index (χ4v) is 1.98. The van der Waals surface area contributed by atoms with E-state index < -0.39 is 0 Å². The van der Waals surface area contributed by atoms with Crippen molar-refractivity contribution in [2.24, 2.45) is 0 Å². The van der Waals surface area contributed by atoms with Gasteiger partial charge in [0.25, 0.3) is 0 Å². The monoisotopic (exact) mass is 211 g/mol. The summed E-state index contributed by atoms with van der Waals surface area (Å²) in [6, 6.07) is 16.7. The first-order valence-electron chi connectivity index (χ1n) is 5.38. The van der Waals surface area contributed by atoms with Gasteiger partial charge in [0.15, 0.2) is 6.73 Å². The SMILES string of the molecule is CN1COc2ccc(-c3ccccc3)cc21. The smallest absolute Gasteiger partial charge is 0.161 e. The average molecular weight is 211 g/mol. The van der Waals surface area contributed by atoms with Gasteiger partial charge in [-0.1, -0.05) is 36.4 Å². The minimum Gasteiger partial charge on any atom is -0.471 e. The third kappa shape index (κ3) is 1.43. The quantitative estimate of drug-likeness (QED) is 0.718. The van der Waals surface area contributed by atoms with Crippen molar-refractivity contribution in [3.63, 3.8) is 0 Å². The molecule has 2 heteroatoms. The number of anilines is 1. The molecule has 0 spiro atoms. The van der Waals surface area contributed by atoms with Gasteiger partial charge in [-0.3, -0.25) is 0 Å². The highest BCUT2D eigenvalue weighted by molar-refractivity contribution is 5.73. The Bertz CT molecular complexity index is 507. The molecule has 1 aliphatic rings. The molecule has 0 amide bonds. The first kappa shape index (κ1) is 9.28. The summed E-state index contributed by atoms with van der Waals surface area (Å²) in [5, 5.41) is 0. The maximum Gasteiger partial charge on any atom is 0.161 e. The van der Waals surface area contributed by atoms with Crippen LogP contribution in [0.1, 0.15) is 0 Å². The van der Waals surface area contributed by atoms with Gasteiger partial charge in [-0.15, -0.1) is 0 Å². The lowest BCUT2D eigenvalue weighted by atomic mass is 10.0. The zero-order valence-electron chi connectivity index (χ0n) is 9.18. The highest BCUT2D eigenvalue weighted by Gasteiger charge is 2.17. The van der Waals surface area contributed by atoms with Crippen LogP contribution in [0.25, 0.3) is 11.1 Å². The molecular formula is C14H13NO. The van der Waals surface area contributed by atoms with Crippen LogP contribution in [-0.2, 0) is 0 Å². The third-order valence-corrected chi connectivity index (χ3v) is 2.89. The molecular weight excluding hydrogens is 198 g/mol. The topological polar surface area (TPSA) is 12.5 Å². The Morgan fingerprint density at radius 3 is 2.62 bits per heavy atom. The Kier molecular flexibility index (Phi) is 2.07. The van der Waals surface area contributed by atoms with Crippen LogP contribution in [0, 0.1) is 0 Å². The average Bonchev–Trinajstić information content (AvgIpc) is 2.72. The number of hydrogen-bond donors (Lipinski definition) is 0. The Morgan fingerprint density at radius 1 is 1.00 bits per heavy atom. The molecule has 2 nitrogen and oxygen atoms in total. The molecule has 3 rings (SSSR count). The van der Waals surface area contributed by atoms with E-state index in [1.165, 1.54) is 16.8 Å². The third-order valence-electron chi connectivity index (χ3n) is 2.89. The van der Waals surface area contributed by atoms with Gasteiger partial charge in [0.2, 0.25) is 0 Å². The minimum atomic E-state index is 0.646. The van der Waals surface area contributed by atoms with Crippen LogP contribution in [0.15, 0.2) is 48.5 Å². The molecule has 16 heavy (non-hydrogen) atoms. The summed E-state index contributed by atoms with van der Waals surface area (Å²) in [4.78, 5) is 2.11. The van der Waals surface area contributed by atoms with Crippen LogP contribution in [0.4, 0.5) is 5.69 Å². The molecule has 1 aliphatic heterocycles. The first-order chi connectivity index (χ1) is 7.84. The van der Waals surface area contributed by atoms with Gasteiger partial charge in [0, 0.05) is 7.05 Å². The number of ether oxygens (including phenoxy) is 1. The van der Waals surface area contributed by atoms with Gasteiger partial charge < -0.3 is 9.64 Å². The normalized spacial score (nSPS) is 13.4. The molecule has 0 N–H and O–H groups in total. The second-order valence-corrected chi connectivity index (χ2v) is 4.02. The van der Waals surface area contributed by atoms with Gasteiger partial charge in [0.1, 0.15) is 5.75 Å². The Labute approximate surface area is 95.1 Å². The molecule has 0 radical (unpaired) electrons. The van der Waals surface area contributed by atoms with Crippen molar-refractivity contribution in [3.8, 4) is 16.9 Å². The summed E-state index contributed by atoms with van der Waals surface area (Å²) in [6.07, 6.45) is 0. The van der Waals surface area contributed by atoms with Crippen LogP contribution in [-0.4, -0.2) is 13.8 Å². The van der Waals surface area contributed by atoms with Gasteiger partial charge in [0.05, 0.1) is 5.69 Å². The van der Waals surface area contributed by atoms with E-state index in [0.29, 0.717) is 6.73 Å². The maximum absolute atomic E-state index is 5.53. The number of rotatable bonds is 1. The fraction of sp³-hybridized carbons (Fsp3) is 0.143. The van der Waals surface area contributed by atoms with Crippen LogP contribution >= 0.6 is 0 Å². The molecule has 0 unspecified atom stereocenters. The zero-order chi connectivity index (χ0) is 11.0. The van der Waals surface area contributed by atoms with Crippen molar-refractivity contribution < 1.29 is 4.74 Å². The van der Waals surface area contributed by atoms with E-state index in [-0.39, 0.29) is 0 Å². The summed E-state index contributed by atoms with van der Waals surface area (Å²) in [5.41, 5.74) is 3.64. The van der Waals surface area contributed by atoms with Crippen molar-refractivity contribution in [1.82, 2.24) is 0 Å².